The molecule has 0 aromatic heterocycles. The van der Waals surface area contributed by atoms with Gasteiger partial charge < -0.3 is 5.73 Å². The van der Waals surface area contributed by atoms with E-state index >= 15 is 0 Å². The number of alkyl halides is 3. The summed E-state index contributed by atoms with van der Waals surface area (Å²) in [6.07, 6.45) is -4.62. The number of Topliss-reactive ketones (excluding diaryl/α,β-unsaturated/α-hetero) is 1. The van der Waals surface area contributed by atoms with E-state index in [4.69, 9.17) is 5.73 Å². The van der Waals surface area contributed by atoms with Crippen LogP contribution in [0.3, 0.4) is 0 Å². The van der Waals surface area contributed by atoms with Gasteiger partial charge in [0, 0.05) is 0 Å². The van der Waals surface area contributed by atoms with Crippen molar-refractivity contribution in [3.8, 4) is 0 Å². The first kappa shape index (κ1) is 11.6. The molecule has 15 heavy (non-hydrogen) atoms. The first-order valence-corrected chi connectivity index (χ1v) is 3.96. The molecule has 0 atom stereocenters. The fraction of sp³-hybridized carbons (Fsp3) is 0.222. The Labute approximate surface area is 82.7 Å². The number of benzene rings is 1. The first-order valence-electron chi connectivity index (χ1n) is 3.96. The highest BCUT2D eigenvalue weighted by Crippen LogP contribution is 2.30. The van der Waals surface area contributed by atoms with Gasteiger partial charge in [-0.25, -0.2) is 4.39 Å². The molecule has 0 aliphatic carbocycles. The molecule has 0 saturated heterocycles. The van der Waals surface area contributed by atoms with Crippen LogP contribution in [-0.4, -0.2) is 12.3 Å². The van der Waals surface area contributed by atoms with Crippen LogP contribution in [0.2, 0.25) is 0 Å². The third kappa shape index (κ3) is 2.53. The van der Waals surface area contributed by atoms with Gasteiger partial charge in [0.05, 0.1) is 17.7 Å². The zero-order valence-corrected chi connectivity index (χ0v) is 7.44. The lowest BCUT2D eigenvalue weighted by atomic mass is 10.1. The minimum absolute atomic E-state index is 0.281. The van der Waals surface area contributed by atoms with Gasteiger partial charge in [-0.05, 0) is 18.2 Å². The summed E-state index contributed by atoms with van der Waals surface area (Å²) in [5, 5.41) is 0. The summed E-state index contributed by atoms with van der Waals surface area (Å²) in [6.45, 7) is -0.442. The van der Waals surface area contributed by atoms with Crippen LogP contribution in [0.15, 0.2) is 18.2 Å². The SMILES string of the molecule is NCC(=O)c1ccc(C(F)(F)F)cc1F. The summed E-state index contributed by atoms with van der Waals surface area (Å²) in [6, 6.07) is 1.71. The minimum atomic E-state index is -4.62. The van der Waals surface area contributed by atoms with Crippen LogP contribution in [0.25, 0.3) is 0 Å². The van der Waals surface area contributed by atoms with E-state index in [2.05, 4.69) is 0 Å². The molecule has 0 aliphatic rings. The average Bonchev–Trinajstić information content (AvgIpc) is 2.15. The van der Waals surface area contributed by atoms with Gasteiger partial charge in [-0.15, -0.1) is 0 Å². The van der Waals surface area contributed by atoms with Crippen LogP contribution < -0.4 is 5.73 Å². The number of nitrogens with two attached hydrogens (primary N) is 1. The van der Waals surface area contributed by atoms with E-state index in [0.717, 1.165) is 6.07 Å². The van der Waals surface area contributed by atoms with Gasteiger partial charge in [-0.1, -0.05) is 0 Å². The number of hydrogen-bond acceptors (Lipinski definition) is 2. The van der Waals surface area contributed by atoms with Crippen molar-refractivity contribution >= 4 is 5.78 Å². The molecule has 1 aromatic carbocycles. The normalized spacial score (nSPS) is 11.5. The number of carbonyl (C=O) groups is 1. The summed E-state index contributed by atoms with van der Waals surface area (Å²) in [4.78, 5) is 10.9. The Kier molecular flexibility index (Phi) is 3.09. The van der Waals surface area contributed by atoms with Crippen molar-refractivity contribution < 1.29 is 22.4 Å². The van der Waals surface area contributed by atoms with Crippen molar-refractivity contribution in [3.63, 3.8) is 0 Å². The maximum absolute atomic E-state index is 13.0. The second-order valence-electron chi connectivity index (χ2n) is 2.82. The molecular formula is C9H7F4NO. The molecule has 0 amide bonds. The minimum Gasteiger partial charge on any atom is -0.324 e. The lowest BCUT2D eigenvalue weighted by Crippen LogP contribution is -2.16. The van der Waals surface area contributed by atoms with E-state index < -0.39 is 35.4 Å². The van der Waals surface area contributed by atoms with Gasteiger partial charge in [-0.2, -0.15) is 13.2 Å². The fourth-order valence-corrected chi connectivity index (χ4v) is 1.03. The molecule has 1 rings (SSSR count). The Morgan fingerprint density at radius 2 is 1.93 bits per heavy atom. The predicted octanol–water partition coefficient (Wildman–Crippen LogP) is 1.99. The van der Waals surface area contributed by atoms with Crippen molar-refractivity contribution in [2.24, 2.45) is 5.73 Å². The number of hydrogen-bond donors (Lipinski definition) is 1. The highest BCUT2D eigenvalue weighted by Gasteiger charge is 2.31. The van der Waals surface area contributed by atoms with E-state index in [9.17, 15) is 22.4 Å². The van der Waals surface area contributed by atoms with Crippen LogP contribution >= 0.6 is 0 Å². The number of rotatable bonds is 2. The Bertz CT molecular complexity index is 386. The van der Waals surface area contributed by atoms with Crippen molar-refractivity contribution in [1.29, 1.82) is 0 Å². The smallest absolute Gasteiger partial charge is 0.324 e. The summed E-state index contributed by atoms with van der Waals surface area (Å²) in [5.41, 5.74) is 3.40. The zero-order chi connectivity index (χ0) is 11.6. The van der Waals surface area contributed by atoms with Gasteiger partial charge in [0.15, 0.2) is 5.78 Å². The molecule has 0 spiro atoms. The molecule has 0 unspecified atom stereocenters. The van der Waals surface area contributed by atoms with Gasteiger partial charge in [-0.3, -0.25) is 4.79 Å². The molecular weight excluding hydrogens is 214 g/mol. The Hall–Kier alpha value is -1.43. The Balaban J connectivity index is 3.15. The van der Waals surface area contributed by atoms with Gasteiger partial charge in [0.1, 0.15) is 5.82 Å². The lowest BCUT2D eigenvalue weighted by Gasteiger charge is -2.07. The monoisotopic (exact) mass is 221 g/mol. The second kappa shape index (κ2) is 3.98. The standard InChI is InChI=1S/C9H7F4NO/c10-7-3-5(9(11,12)13)1-2-6(7)8(15)4-14/h1-3H,4,14H2. The molecule has 0 radical (unpaired) electrons. The predicted molar refractivity (Wildman–Crippen MR) is 44.8 cm³/mol. The van der Waals surface area contributed by atoms with E-state index in [1.165, 1.54) is 0 Å². The van der Waals surface area contributed by atoms with Crippen molar-refractivity contribution in [2.75, 3.05) is 6.54 Å². The summed E-state index contributed by atoms with van der Waals surface area (Å²) < 4.78 is 49.4. The second-order valence-corrected chi connectivity index (χ2v) is 2.82. The molecule has 0 heterocycles. The van der Waals surface area contributed by atoms with Crippen molar-refractivity contribution in [3.05, 3.63) is 35.1 Å². The van der Waals surface area contributed by atoms with Crippen LogP contribution in [-0.2, 0) is 6.18 Å². The molecule has 0 fully saturated rings. The topological polar surface area (TPSA) is 43.1 Å². The highest BCUT2D eigenvalue weighted by atomic mass is 19.4. The van der Waals surface area contributed by atoms with Gasteiger partial charge >= 0.3 is 6.18 Å². The fourth-order valence-electron chi connectivity index (χ4n) is 1.03. The zero-order valence-electron chi connectivity index (χ0n) is 7.44. The van der Waals surface area contributed by atoms with E-state index in [0.29, 0.717) is 6.07 Å². The number of ketones is 1. The van der Waals surface area contributed by atoms with Crippen molar-refractivity contribution in [2.45, 2.75) is 6.18 Å². The maximum atomic E-state index is 13.0. The molecule has 6 heteroatoms. The summed E-state index contributed by atoms with van der Waals surface area (Å²) >= 11 is 0. The van der Waals surface area contributed by atoms with E-state index in [1.807, 2.05) is 0 Å². The van der Waals surface area contributed by atoms with Gasteiger partial charge in [0.25, 0.3) is 0 Å². The third-order valence-electron chi connectivity index (χ3n) is 1.78. The van der Waals surface area contributed by atoms with Crippen LogP contribution in [0.1, 0.15) is 15.9 Å². The molecule has 0 bridgehead atoms. The molecule has 0 aliphatic heterocycles. The first-order chi connectivity index (χ1) is 6.86. The number of carbonyl (C=O) groups excluding carboxylic acids is 1. The van der Waals surface area contributed by atoms with Crippen LogP contribution in [0.5, 0.6) is 0 Å². The third-order valence-corrected chi connectivity index (χ3v) is 1.78. The van der Waals surface area contributed by atoms with Gasteiger partial charge in [0.2, 0.25) is 0 Å². The summed E-state index contributed by atoms with van der Waals surface area (Å²) in [5.74, 6) is -1.94. The highest BCUT2D eigenvalue weighted by molar-refractivity contribution is 5.97. The Morgan fingerprint density at radius 1 is 1.33 bits per heavy atom. The van der Waals surface area contributed by atoms with Crippen LogP contribution in [0, 0.1) is 5.82 Å². The van der Waals surface area contributed by atoms with Crippen molar-refractivity contribution in [1.82, 2.24) is 0 Å². The molecule has 82 valence electrons. The lowest BCUT2D eigenvalue weighted by molar-refractivity contribution is -0.137. The quantitative estimate of drug-likeness (QED) is 0.613. The Morgan fingerprint density at radius 3 is 2.33 bits per heavy atom. The maximum Gasteiger partial charge on any atom is 0.416 e. The molecule has 2 nitrogen and oxygen atoms in total. The molecule has 1 aromatic rings. The number of halogens is 4. The molecule has 0 saturated carbocycles. The molecule has 2 N–H and O–H groups in total. The van der Waals surface area contributed by atoms with E-state index in [-0.39, 0.29) is 6.07 Å². The average molecular weight is 221 g/mol. The summed E-state index contributed by atoms with van der Waals surface area (Å²) in [7, 11) is 0. The largest absolute Gasteiger partial charge is 0.416 e. The van der Waals surface area contributed by atoms with E-state index in [1.54, 1.807) is 0 Å². The van der Waals surface area contributed by atoms with Crippen LogP contribution in [0.4, 0.5) is 17.6 Å².